The Balaban J connectivity index is 0.000000125. The fraction of sp³-hybridized carbons (Fsp3) is 0. The summed E-state index contributed by atoms with van der Waals surface area (Å²) in [5, 5.41) is 14.6. The molecule has 0 spiro atoms. The second-order valence-electron chi connectivity index (χ2n) is 21.2. The molecule has 0 fully saturated rings. The number of benzene rings is 13. The third-order valence-electron chi connectivity index (χ3n) is 15.3. The van der Waals surface area contributed by atoms with Crippen molar-refractivity contribution in [2.45, 2.75) is 0 Å². The smallest absolute Gasteiger partial charge is 0.318 e. The standard InChI is InChI=1S/3C23H15O2.C12H8N2.Eu/c3*24-22(20-11-9-16-5-1-3-7-18(16)13-20)15-23(25)21-12-10-17-6-2-4-8-19(17)14-21;1-3-9-5-6-10-4-2-8-14-12(10)11(9)13-7-1;/h3*1-15H;1-8H;/q3*-1;;+3. The van der Waals surface area contributed by atoms with Crippen molar-refractivity contribution in [1.29, 1.82) is 0 Å². The molecule has 0 amide bonds. The molecule has 90 heavy (non-hydrogen) atoms. The molecule has 0 unspecified atom stereocenters. The maximum absolute atomic E-state index is 12.5. The molecule has 0 bridgehead atoms. The van der Waals surface area contributed by atoms with Gasteiger partial charge in [0.05, 0.1) is 45.7 Å². The predicted octanol–water partition coefficient (Wildman–Crippen LogP) is 18.6. The third-order valence-corrected chi connectivity index (χ3v) is 15.3. The average molecular weight is 1300 g/mol. The summed E-state index contributed by atoms with van der Waals surface area (Å²) >= 11 is 0. The van der Waals surface area contributed by atoms with Crippen LogP contribution in [0.5, 0.6) is 0 Å². The van der Waals surface area contributed by atoms with Gasteiger partial charge in [-0.3, -0.25) is 9.97 Å². The number of Topliss-reactive ketones (excluding diaryl/α,β-unsaturated/α-hetero) is 6. The first-order valence-electron chi connectivity index (χ1n) is 28.9. The van der Waals surface area contributed by atoms with Crippen molar-refractivity contribution in [2.24, 2.45) is 0 Å². The van der Waals surface area contributed by atoms with Crippen molar-refractivity contribution < 1.29 is 78.1 Å². The van der Waals surface area contributed by atoms with Gasteiger partial charge in [0.15, 0.2) is 0 Å². The van der Waals surface area contributed by atoms with Crippen LogP contribution in [0.25, 0.3) is 86.4 Å². The second kappa shape index (κ2) is 28.5. The Hall–Kier alpha value is -10.5. The number of hydrogen-bond acceptors (Lipinski definition) is 8. The van der Waals surface area contributed by atoms with Gasteiger partial charge in [-0.2, -0.15) is 0 Å². The van der Waals surface area contributed by atoms with E-state index >= 15 is 0 Å². The van der Waals surface area contributed by atoms with Gasteiger partial charge in [0.25, 0.3) is 0 Å². The summed E-state index contributed by atoms with van der Waals surface area (Å²) < 4.78 is 0. The first kappa shape index (κ1) is 61.1. The number of fused-ring (bicyclic) bond motifs is 9. The summed E-state index contributed by atoms with van der Waals surface area (Å²) in [7, 11) is 0. The molecule has 0 N–H and O–H groups in total. The zero-order valence-electron chi connectivity index (χ0n) is 48.3. The molecule has 8 nitrogen and oxygen atoms in total. The van der Waals surface area contributed by atoms with Gasteiger partial charge in [-0.15, -0.1) is 36.4 Å². The van der Waals surface area contributed by atoms with Crippen LogP contribution in [0.2, 0.25) is 0 Å². The zero-order chi connectivity index (χ0) is 61.1. The maximum Gasteiger partial charge on any atom is 3.00 e. The molecule has 0 saturated heterocycles. The van der Waals surface area contributed by atoms with Crippen molar-refractivity contribution in [3.8, 4) is 0 Å². The summed E-state index contributed by atoms with van der Waals surface area (Å²) in [4.78, 5) is 83.4. The van der Waals surface area contributed by atoms with Gasteiger partial charge >= 0.3 is 49.4 Å². The number of rotatable bonds is 12. The summed E-state index contributed by atoms with van der Waals surface area (Å²) in [5.74, 6) is -1.64. The number of hydrogen-bond donors (Lipinski definition) is 0. The van der Waals surface area contributed by atoms with E-state index in [9.17, 15) is 28.8 Å². The molecule has 0 aliphatic carbocycles. The van der Waals surface area contributed by atoms with Crippen LogP contribution < -0.4 is 0 Å². The number of nitrogens with zero attached hydrogens (tertiary/aromatic N) is 2. The molecule has 15 aromatic rings. The molecular weight excluding hydrogens is 1250 g/mol. The molecule has 15 rings (SSSR count). The molecule has 2 aromatic heterocycles. The Labute approximate surface area is 560 Å². The van der Waals surface area contributed by atoms with Crippen LogP contribution in [0, 0.1) is 68.6 Å². The fourth-order valence-corrected chi connectivity index (χ4v) is 10.6. The van der Waals surface area contributed by atoms with Gasteiger partial charge in [0.2, 0.25) is 0 Å². The van der Waals surface area contributed by atoms with Crippen LogP contribution >= 0.6 is 0 Å². The summed E-state index contributed by atoms with van der Waals surface area (Å²) in [6.45, 7) is 0. The van der Waals surface area contributed by atoms with E-state index in [2.05, 4.69) is 34.2 Å². The summed E-state index contributed by atoms with van der Waals surface area (Å²) in [5.41, 5.74) is 5.08. The molecule has 0 saturated carbocycles. The molecular formula is C81H53EuN2O6. The zero-order valence-corrected chi connectivity index (χ0v) is 50.7. The molecule has 0 atom stereocenters. The van der Waals surface area contributed by atoms with Gasteiger partial charge in [0.1, 0.15) is 0 Å². The minimum absolute atomic E-state index is 0. The molecule has 2 heterocycles. The molecule has 430 valence electrons. The number of ketones is 6. The number of aromatic nitrogens is 2. The largest absolute Gasteiger partial charge is 3.00 e. The Bertz CT molecular complexity index is 4480. The topological polar surface area (TPSA) is 128 Å². The van der Waals surface area contributed by atoms with Crippen molar-refractivity contribution >= 4 is 121 Å². The summed E-state index contributed by atoms with van der Waals surface area (Å²) in [6.07, 6.45) is 7.13. The Morgan fingerprint density at radius 1 is 0.200 bits per heavy atom. The third kappa shape index (κ3) is 14.5. The Morgan fingerprint density at radius 3 is 0.567 bits per heavy atom. The van der Waals surface area contributed by atoms with Crippen molar-refractivity contribution in [3.63, 3.8) is 0 Å². The molecule has 0 radical (unpaired) electrons. The van der Waals surface area contributed by atoms with E-state index < -0.39 is 0 Å². The molecule has 9 heteroatoms. The van der Waals surface area contributed by atoms with E-state index in [1.165, 1.54) is 19.3 Å². The van der Waals surface area contributed by atoms with Crippen LogP contribution in [0.15, 0.2) is 304 Å². The molecule has 0 aliphatic heterocycles. The quantitative estimate of drug-likeness (QED) is 0.0512. The molecule has 0 aliphatic rings. The Morgan fingerprint density at radius 2 is 0.367 bits per heavy atom. The number of pyridine rings is 2. The monoisotopic (exact) mass is 1300 g/mol. The van der Waals surface area contributed by atoms with Gasteiger partial charge in [-0.1, -0.05) is 295 Å². The molecule has 13 aromatic carbocycles. The van der Waals surface area contributed by atoms with E-state index in [4.69, 9.17) is 0 Å². The van der Waals surface area contributed by atoms with Crippen molar-refractivity contribution in [2.75, 3.05) is 0 Å². The van der Waals surface area contributed by atoms with Crippen molar-refractivity contribution in [3.05, 3.63) is 356 Å². The van der Waals surface area contributed by atoms with Gasteiger partial charge in [0, 0.05) is 23.2 Å². The van der Waals surface area contributed by atoms with Crippen LogP contribution in [0.4, 0.5) is 0 Å². The van der Waals surface area contributed by atoms with E-state index in [0.717, 1.165) is 86.4 Å². The average Bonchev–Trinajstić information content (AvgIpc) is 3.12. The van der Waals surface area contributed by atoms with Crippen LogP contribution in [0.1, 0.15) is 62.1 Å². The minimum atomic E-state index is -0.274. The maximum atomic E-state index is 12.5. The van der Waals surface area contributed by atoms with Gasteiger partial charge in [-0.05, 0) is 76.8 Å². The van der Waals surface area contributed by atoms with E-state index in [1.807, 2.05) is 231 Å². The SMILES string of the molecule is O=C([CH-]C(=O)c1ccc2ccccc2c1)c1ccc2ccccc2c1.O=C([CH-]C(=O)c1ccc2ccccc2c1)c1ccc2ccccc2c1.O=C([CH-]C(=O)c1ccc2ccccc2c1)c1ccc2ccccc2c1.[Eu+3].c1cnc2c(c1)ccc1cccnc12. The van der Waals surface area contributed by atoms with Gasteiger partial charge in [-0.25, -0.2) is 0 Å². The summed E-state index contributed by atoms with van der Waals surface area (Å²) in [6, 6.07) is 92.0. The van der Waals surface area contributed by atoms with E-state index in [1.54, 1.807) is 48.8 Å². The van der Waals surface area contributed by atoms with Crippen LogP contribution in [-0.2, 0) is 0 Å². The predicted molar refractivity (Wildman–Crippen MR) is 360 cm³/mol. The van der Waals surface area contributed by atoms with Crippen LogP contribution in [-0.4, -0.2) is 44.7 Å². The van der Waals surface area contributed by atoms with Crippen molar-refractivity contribution in [1.82, 2.24) is 9.97 Å². The second-order valence-corrected chi connectivity index (χ2v) is 21.2. The first-order valence-corrected chi connectivity index (χ1v) is 28.9. The first-order chi connectivity index (χ1) is 43.6. The fourth-order valence-electron chi connectivity index (χ4n) is 10.6. The van der Waals surface area contributed by atoms with Gasteiger partial charge < -0.3 is 28.8 Å². The minimum Gasteiger partial charge on any atom is -0.318 e. The van der Waals surface area contributed by atoms with E-state index in [-0.39, 0.29) is 84.1 Å². The number of carbonyl (C=O) groups excluding carboxylic acids is 6. The number of carbonyl (C=O) groups is 6. The van der Waals surface area contributed by atoms with Crippen LogP contribution in [0.3, 0.4) is 0 Å². The van der Waals surface area contributed by atoms with E-state index in [0.29, 0.717) is 33.4 Å². The normalized spacial score (nSPS) is 10.6. The Kier molecular flexibility index (Phi) is 19.4.